The van der Waals surface area contributed by atoms with Crippen molar-refractivity contribution < 1.29 is 19.1 Å². The van der Waals surface area contributed by atoms with Crippen molar-refractivity contribution in [3.05, 3.63) is 93.3 Å². The van der Waals surface area contributed by atoms with Gasteiger partial charge in [0.25, 0.3) is 11.5 Å². The topological polar surface area (TPSA) is 99.0 Å². The smallest absolute Gasteiger partial charge is 0.338 e. The molecule has 1 amide bonds. The van der Waals surface area contributed by atoms with E-state index in [0.717, 1.165) is 5.69 Å². The number of fused-ring (bicyclic) bond motifs is 1. The average Bonchev–Trinajstić information content (AvgIpc) is 3.19. The van der Waals surface area contributed by atoms with Crippen LogP contribution in [0, 0.1) is 6.92 Å². The molecular weight excluding hydrogens is 442 g/mol. The van der Waals surface area contributed by atoms with Crippen LogP contribution in [-0.4, -0.2) is 27.4 Å². The van der Waals surface area contributed by atoms with Gasteiger partial charge in [-0.15, -0.1) is 11.3 Å². The van der Waals surface area contributed by atoms with Crippen molar-refractivity contribution in [2.75, 3.05) is 5.32 Å². The fourth-order valence-electron chi connectivity index (χ4n) is 3.09. The molecule has 1 atom stereocenters. The molecule has 0 radical (unpaired) electrons. The average molecular weight is 464 g/mol. The molecule has 0 aliphatic carbocycles. The van der Waals surface area contributed by atoms with Gasteiger partial charge in [0, 0.05) is 22.8 Å². The van der Waals surface area contributed by atoms with Gasteiger partial charge in [-0.1, -0.05) is 18.2 Å². The van der Waals surface area contributed by atoms with Crippen molar-refractivity contribution in [2.24, 2.45) is 0 Å². The number of aryl methyl sites for hydroxylation is 1. The van der Waals surface area contributed by atoms with Crippen molar-refractivity contribution in [3.63, 3.8) is 0 Å². The summed E-state index contributed by atoms with van der Waals surface area (Å²) < 4.78 is 12.4. The van der Waals surface area contributed by atoms with Crippen molar-refractivity contribution in [3.8, 4) is 5.75 Å². The molecule has 0 unspecified atom stereocenters. The van der Waals surface area contributed by atoms with E-state index in [-0.39, 0.29) is 18.1 Å². The molecule has 0 aliphatic rings. The minimum Gasteiger partial charge on any atom is -0.481 e. The second kappa shape index (κ2) is 9.66. The minimum atomic E-state index is -0.696. The van der Waals surface area contributed by atoms with Crippen LogP contribution in [0.15, 0.2) is 70.8 Å². The van der Waals surface area contributed by atoms with Gasteiger partial charge in [0.2, 0.25) is 0 Å². The molecule has 2 aromatic carbocycles. The molecule has 0 fully saturated rings. The summed E-state index contributed by atoms with van der Waals surface area (Å²) in [5.41, 5.74) is 1.81. The maximum atomic E-state index is 12.4. The third-order valence-electron chi connectivity index (χ3n) is 4.79. The van der Waals surface area contributed by atoms with E-state index in [4.69, 9.17) is 9.47 Å². The van der Waals surface area contributed by atoms with Gasteiger partial charge in [-0.3, -0.25) is 14.0 Å². The molecule has 168 valence electrons. The minimum absolute atomic E-state index is 0.117. The molecule has 0 bridgehead atoms. The van der Waals surface area contributed by atoms with Gasteiger partial charge in [-0.05, 0) is 50.2 Å². The van der Waals surface area contributed by atoms with Crippen molar-refractivity contribution in [2.45, 2.75) is 26.6 Å². The van der Waals surface area contributed by atoms with Crippen LogP contribution < -0.4 is 15.6 Å². The molecule has 0 saturated carbocycles. The monoisotopic (exact) mass is 463 g/mol. The quantitative estimate of drug-likeness (QED) is 0.418. The maximum Gasteiger partial charge on any atom is 0.338 e. The zero-order chi connectivity index (χ0) is 23.4. The first-order chi connectivity index (χ1) is 15.9. The molecule has 2 heterocycles. The Labute approximate surface area is 193 Å². The molecule has 9 heteroatoms. The van der Waals surface area contributed by atoms with E-state index in [1.54, 1.807) is 43.3 Å². The number of ether oxygens (including phenoxy) is 2. The number of anilines is 1. The Morgan fingerprint density at radius 1 is 1.12 bits per heavy atom. The lowest BCUT2D eigenvalue weighted by molar-refractivity contribution is -0.122. The predicted molar refractivity (Wildman–Crippen MR) is 125 cm³/mol. The largest absolute Gasteiger partial charge is 0.481 e. The molecule has 4 rings (SSSR count). The molecule has 0 spiro atoms. The molecule has 8 nitrogen and oxygen atoms in total. The number of benzene rings is 2. The summed E-state index contributed by atoms with van der Waals surface area (Å²) in [7, 11) is 0. The third kappa shape index (κ3) is 5.27. The van der Waals surface area contributed by atoms with Crippen LogP contribution in [0.3, 0.4) is 0 Å². The molecule has 2 aromatic heterocycles. The number of amides is 1. The number of para-hydroxylation sites is 1. The summed E-state index contributed by atoms with van der Waals surface area (Å²) in [4.78, 5) is 41.9. The van der Waals surface area contributed by atoms with Crippen LogP contribution in [0.2, 0.25) is 0 Å². The number of aromatic nitrogens is 2. The van der Waals surface area contributed by atoms with Crippen molar-refractivity contribution in [1.29, 1.82) is 0 Å². The van der Waals surface area contributed by atoms with Crippen LogP contribution in [0.5, 0.6) is 5.75 Å². The predicted octanol–water partition coefficient (Wildman–Crippen LogP) is 3.83. The molecule has 4 aromatic rings. The number of carbonyl (C=O) groups is 2. The number of thiazole rings is 1. The van der Waals surface area contributed by atoms with Crippen molar-refractivity contribution in [1.82, 2.24) is 9.38 Å². The molecular formula is C24H21N3O5S. The van der Waals surface area contributed by atoms with Gasteiger partial charge in [-0.25, -0.2) is 9.78 Å². The van der Waals surface area contributed by atoms with E-state index < -0.39 is 12.1 Å². The Balaban J connectivity index is 1.33. The molecule has 33 heavy (non-hydrogen) atoms. The Hall–Kier alpha value is -3.98. The van der Waals surface area contributed by atoms with E-state index >= 15 is 0 Å². The van der Waals surface area contributed by atoms with Gasteiger partial charge in [0.15, 0.2) is 11.1 Å². The van der Waals surface area contributed by atoms with Crippen LogP contribution in [0.25, 0.3) is 4.96 Å². The summed E-state index contributed by atoms with van der Waals surface area (Å²) in [6.45, 7) is 3.37. The highest BCUT2D eigenvalue weighted by molar-refractivity contribution is 7.15. The SMILES string of the molecule is Cc1csc2nc(COC(=O)c3ccc(NC(=O)[C@H](C)Oc4ccccc4)cc3)cc(=O)n12. The number of nitrogens with one attached hydrogen (secondary N) is 1. The number of rotatable bonds is 7. The standard InChI is InChI=1S/C24H21N3O5S/c1-15-14-33-24-26-19(12-21(28)27(15)24)13-31-23(30)17-8-10-18(11-9-17)25-22(29)16(2)32-20-6-4-3-5-7-20/h3-12,14,16H,13H2,1-2H3,(H,25,29)/t16-/m0/s1. The van der Waals surface area contributed by atoms with Crippen LogP contribution in [0.1, 0.15) is 28.7 Å². The highest BCUT2D eigenvalue weighted by Gasteiger charge is 2.16. The fourth-order valence-corrected chi connectivity index (χ4v) is 3.98. The zero-order valence-electron chi connectivity index (χ0n) is 18.0. The lowest BCUT2D eigenvalue weighted by Crippen LogP contribution is -2.30. The van der Waals surface area contributed by atoms with E-state index in [1.807, 2.05) is 30.5 Å². The summed E-state index contributed by atoms with van der Waals surface area (Å²) in [5.74, 6) is -0.271. The summed E-state index contributed by atoms with van der Waals surface area (Å²) in [6.07, 6.45) is -0.696. The Kier molecular flexibility index (Phi) is 6.50. The van der Waals surface area contributed by atoms with Crippen LogP contribution in [0.4, 0.5) is 5.69 Å². The lowest BCUT2D eigenvalue weighted by atomic mass is 10.2. The summed E-state index contributed by atoms with van der Waals surface area (Å²) in [6, 6.07) is 16.7. The molecule has 0 saturated heterocycles. The van der Waals surface area contributed by atoms with E-state index in [0.29, 0.717) is 27.7 Å². The zero-order valence-corrected chi connectivity index (χ0v) is 18.8. The third-order valence-corrected chi connectivity index (χ3v) is 5.74. The fraction of sp³-hybridized carbons (Fsp3) is 0.167. The van der Waals surface area contributed by atoms with E-state index in [1.165, 1.54) is 21.8 Å². The van der Waals surface area contributed by atoms with E-state index in [2.05, 4.69) is 10.3 Å². The number of carbonyl (C=O) groups excluding carboxylic acids is 2. The van der Waals surface area contributed by atoms with Gasteiger partial charge in [-0.2, -0.15) is 0 Å². The van der Waals surface area contributed by atoms with Gasteiger partial charge in [0.05, 0.1) is 11.3 Å². The summed E-state index contributed by atoms with van der Waals surface area (Å²) >= 11 is 1.35. The number of hydrogen-bond acceptors (Lipinski definition) is 7. The normalized spacial score (nSPS) is 11.7. The van der Waals surface area contributed by atoms with E-state index in [9.17, 15) is 14.4 Å². The number of nitrogens with zero attached hydrogens (tertiary/aromatic N) is 2. The van der Waals surface area contributed by atoms with Crippen molar-refractivity contribution >= 4 is 33.9 Å². The first-order valence-corrected chi connectivity index (χ1v) is 11.1. The first-order valence-electron chi connectivity index (χ1n) is 10.2. The molecule has 1 N–H and O–H groups in total. The highest BCUT2D eigenvalue weighted by Crippen LogP contribution is 2.15. The van der Waals surface area contributed by atoms with Crippen LogP contribution >= 0.6 is 11.3 Å². The van der Waals surface area contributed by atoms with Crippen LogP contribution in [-0.2, 0) is 16.1 Å². The Bertz CT molecular complexity index is 1350. The molecule has 0 aliphatic heterocycles. The Morgan fingerprint density at radius 2 is 1.85 bits per heavy atom. The summed E-state index contributed by atoms with van der Waals surface area (Å²) in [5, 5.41) is 4.59. The second-order valence-corrected chi connectivity index (χ2v) is 8.13. The highest BCUT2D eigenvalue weighted by atomic mass is 32.1. The number of esters is 1. The first kappa shape index (κ1) is 22.2. The lowest BCUT2D eigenvalue weighted by Gasteiger charge is -2.14. The second-order valence-electron chi connectivity index (χ2n) is 7.30. The number of hydrogen-bond donors (Lipinski definition) is 1. The van der Waals surface area contributed by atoms with Gasteiger partial charge in [0.1, 0.15) is 12.4 Å². The van der Waals surface area contributed by atoms with Gasteiger partial charge >= 0.3 is 5.97 Å². The van der Waals surface area contributed by atoms with Gasteiger partial charge < -0.3 is 14.8 Å². The Morgan fingerprint density at radius 3 is 2.58 bits per heavy atom. The maximum absolute atomic E-state index is 12.4.